The summed E-state index contributed by atoms with van der Waals surface area (Å²) in [5.74, 6) is 0.644. The number of rotatable bonds is 2. The van der Waals surface area contributed by atoms with Gasteiger partial charge in [-0.3, -0.25) is 0 Å². The molecule has 2 aromatic rings. The number of aromatic nitrogens is 4. The molecule has 1 saturated heterocycles. The molecule has 1 fully saturated rings. The molecule has 0 bridgehead atoms. The monoisotopic (exact) mass is 215 g/mol. The molecule has 2 heterocycles. The molecule has 1 aliphatic rings. The minimum absolute atomic E-state index is 0.513. The molecule has 2 N–H and O–H groups in total. The van der Waals surface area contributed by atoms with Crippen molar-refractivity contribution in [2.75, 3.05) is 6.54 Å². The van der Waals surface area contributed by atoms with E-state index in [1.807, 2.05) is 12.1 Å². The molecule has 82 valence electrons. The smallest absolute Gasteiger partial charge is 0.204 e. The lowest BCUT2D eigenvalue weighted by Crippen LogP contribution is -2.12. The maximum atomic E-state index is 3.95. The van der Waals surface area contributed by atoms with Crippen LogP contribution in [0.15, 0.2) is 24.3 Å². The molecule has 1 aromatic heterocycles. The summed E-state index contributed by atoms with van der Waals surface area (Å²) in [7, 11) is 0. The van der Waals surface area contributed by atoms with Crippen LogP contribution in [0.3, 0.4) is 0 Å². The number of nitrogens with one attached hydrogen (secondary N) is 2. The Balaban J connectivity index is 1.84. The summed E-state index contributed by atoms with van der Waals surface area (Å²) in [6.07, 6.45) is 2.48. The number of hydrogen-bond acceptors (Lipinski definition) is 4. The zero-order valence-corrected chi connectivity index (χ0v) is 8.85. The lowest BCUT2D eigenvalue weighted by atomic mass is 10.0. The van der Waals surface area contributed by atoms with Gasteiger partial charge >= 0.3 is 0 Å². The predicted octanol–water partition coefficient (Wildman–Crippen LogP) is 1.29. The number of tetrazole rings is 1. The standard InChI is InChI=1S/C11H13N5/c1-2-10(12-7-1)8-3-5-9(6-4-8)11-13-15-16-14-11/h3-6,10,12H,1-2,7H2,(H,13,14,15,16). The van der Waals surface area contributed by atoms with Gasteiger partial charge in [-0.25, -0.2) is 0 Å². The molecule has 1 aliphatic heterocycles. The van der Waals surface area contributed by atoms with Gasteiger partial charge in [0.15, 0.2) is 0 Å². The number of H-pyrrole nitrogens is 1. The summed E-state index contributed by atoms with van der Waals surface area (Å²) in [5, 5.41) is 17.4. The predicted molar refractivity (Wildman–Crippen MR) is 59.6 cm³/mol. The van der Waals surface area contributed by atoms with Crippen LogP contribution in [0.5, 0.6) is 0 Å². The Morgan fingerprint density at radius 1 is 1.19 bits per heavy atom. The molecule has 0 aliphatic carbocycles. The molecule has 0 radical (unpaired) electrons. The van der Waals surface area contributed by atoms with Crippen LogP contribution in [0.4, 0.5) is 0 Å². The van der Waals surface area contributed by atoms with Crippen molar-refractivity contribution in [3.05, 3.63) is 29.8 Å². The van der Waals surface area contributed by atoms with Crippen molar-refractivity contribution >= 4 is 0 Å². The van der Waals surface area contributed by atoms with Crippen molar-refractivity contribution < 1.29 is 0 Å². The Morgan fingerprint density at radius 2 is 2.06 bits per heavy atom. The molecule has 1 unspecified atom stereocenters. The highest BCUT2D eigenvalue weighted by molar-refractivity contribution is 5.54. The zero-order valence-electron chi connectivity index (χ0n) is 8.85. The molecule has 0 saturated carbocycles. The Morgan fingerprint density at radius 3 is 2.69 bits per heavy atom. The van der Waals surface area contributed by atoms with Gasteiger partial charge in [0.25, 0.3) is 0 Å². The van der Waals surface area contributed by atoms with Gasteiger partial charge in [0.05, 0.1) is 0 Å². The normalized spacial score (nSPS) is 20.1. The van der Waals surface area contributed by atoms with E-state index in [4.69, 9.17) is 0 Å². The van der Waals surface area contributed by atoms with Crippen LogP contribution >= 0.6 is 0 Å². The van der Waals surface area contributed by atoms with Gasteiger partial charge in [-0.05, 0) is 30.2 Å². The third kappa shape index (κ3) is 1.69. The number of benzene rings is 1. The molecule has 0 spiro atoms. The lowest BCUT2D eigenvalue weighted by Gasteiger charge is -2.10. The second kappa shape index (κ2) is 4.02. The zero-order chi connectivity index (χ0) is 10.8. The fourth-order valence-corrected chi connectivity index (χ4v) is 2.12. The van der Waals surface area contributed by atoms with Gasteiger partial charge < -0.3 is 5.32 Å². The minimum Gasteiger partial charge on any atom is -0.310 e. The average molecular weight is 215 g/mol. The Labute approximate surface area is 93.3 Å². The van der Waals surface area contributed by atoms with Crippen molar-refractivity contribution in [1.29, 1.82) is 0 Å². The fourth-order valence-electron chi connectivity index (χ4n) is 2.12. The first-order valence-electron chi connectivity index (χ1n) is 5.50. The molecule has 0 amide bonds. The van der Waals surface area contributed by atoms with Crippen molar-refractivity contribution in [3.63, 3.8) is 0 Å². The summed E-state index contributed by atoms with van der Waals surface area (Å²) in [5.41, 5.74) is 2.33. The van der Waals surface area contributed by atoms with Crippen LogP contribution in [-0.4, -0.2) is 27.2 Å². The van der Waals surface area contributed by atoms with Crippen molar-refractivity contribution in [1.82, 2.24) is 25.9 Å². The highest BCUT2D eigenvalue weighted by Crippen LogP contribution is 2.24. The van der Waals surface area contributed by atoms with Crippen LogP contribution in [0.1, 0.15) is 24.4 Å². The Hall–Kier alpha value is -1.75. The van der Waals surface area contributed by atoms with E-state index in [-0.39, 0.29) is 0 Å². The first-order chi connectivity index (χ1) is 7.93. The molecule has 3 rings (SSSR count). The molecule has 5 heteroatoms. The topological polar surface area (TPSA) is 66.5 Å². The molecular weight excluding hydrogens is 202 g/mol. The summed E-state index contributed by atoms with van der Waals surface area (Å²) in [4.78, 5) is 0. The summed E-state index contributed by atoms with van der Waals surface area (Å²) < 4.78 is 0. The van der Waals surface area contributed by atoms with Crippen LogP contribution in [0.25, 0.3) is 11.4 Å². The average Bonchev–Trinajstić information content (AvgIpc) is 3.03. The van der Waals surface area contributed by atoms with E-state index < -0.39 is 0 Å². The number of nitrogens with zero attached hydrogens (tertiary/aromatic N) is 3. The Kier molecular flexibility index (Phi) is 2.38. The van der Waals surface area contributed by atoms with Gasteiger partial charge in [0.1, 0.15) is 0 Å². The Bertz CT molecular complexity index is 442. The van der Waals surface area contributed by atoms with Crippen molar-refractivity contribution in [3.8, 4) is 11.4 Å². The quantitative estimate of drug-likeness (QED) is 0.792. The van der Waals surface area contributed by atoms with E-state index in [9.17, 15) is 0 Å². The molecule has 1 atom stereocenters. The highest BCUT2D eigenvalue weighted by Gasteiger charge is 2.15. The number of aromatic amines is 1. The van der Waals surface area contributed by atoms with Gasteiger partial charge in [-0.2, -0.15) is 5.21 Å². The SMILES string of the molecule is c1cc(C2CCCN2)ccc1-c1nn[nH]n1. The first kappa shape index (κ1) is 9.47. The van der Waals surface area contributed by atoms with E-state index in [0.717, 1.165) is 12.1 Å². The van der Waals surface area contributed by atoms with E-state index in [1.54, 1.807) is 0 Å². The van der Waals surface area contributed by atoms with Gasteiger partial charge in [-0.1, -0.05) is 24.3 Å². The number of hydrogen-bond donors (Lipinski definition) is 2. The molecule has 16 heavy (non-hydrogen) atoms. The van der Waals surface area contributed by atoms with Crippen LogP contribution in [0, 0.1) is 0 Å². The molecule has 1 aromatic carbocycles. The van der Waals surface area contributed by atoms with E-state index >= 15 is 0 Å². The third-order valence-corrected chi connectivity index (χ3v) is 2.98. The van der Waals surface area contributed by atoms with E-state index in [0.29, 0.717) is 11.9 Å². The maximum Gasteiger partial charge on any atom is 0.204 e. The second-order valence-corrected chi connectivity index (χ2v) is 4.01. The minimum atomic E-state index is 0.513. The van der Waals surface area contributed by atoms with E-state index in [2.05, 4.69) is 38.1 Å². The second-order valence-electron chi connectivity index (χ2n) is 4.01. The van der Waals surface area contributed by atoms with Crippen LogP contribution in [0.2, 0.25) is 0 Å². The molecular formula is C11H13N5. The van der Waals surface area contributed by atoms with Crippen LogP contribution in [-0.2, 0) is 0 Å². The van der Waals surface area contributed by atoms with E-state index in [1.165, 1.54) is 18.4 Å². The summed E-state index contributed by atoms with van der Waals surface area (Å²) in [6.45, 7) is 1.12. The van der Waals surface area contributed by atoms with Gasteiger partial charge in [-0.15, -0.1) is 10.2 Å². The van der Waals surface area contributed by atoms with Crippen LogP contribution < -0.4 is 5.32 Å². The fraction of sp³-hybridized carbons (Fsp3) is 0.364. The lowest BCUT2D eigenvalue weighted by molar-refractivity contribution is 0.648. The summed E-state index contributed by atoms with van der Waals surface area (Å²) in [6, 6.07) is 8.86. The van der Waals surface area contributed by atoms with Gasteiger partial charge in [0, 0.05) is 11.6 Å². The first-order valence-corrected chi connectivity index (χ1v) is 5.50. The maximum absolute atomic E-state index is 3.95. The molecule has 5 nitrogen and oxygen atoms in total. The third-order valence-electron chi connectivity index (χ3n) is 2.98. The summed E-state index contributed by atoms with van der Waals surface area (Å²) >= 11 is 0. The largest absolute Gasteiger partial charge is 0.310 e. The highest BCUT2D eigenvalue weighted by atomic mass is 15.5. The van der Waals surface area contributed by atoms with Crippen molar-refractivity contribution in [2.45, 2.75) is 18.9 Å². The van der Waals surface area contributed by atoms with Crippen molar-refractivity contribution in [2.24, 2.45) is 0 Å². The van der Waals surface area contributed by atoms with Gasteiger partial charge in [0.2, 0.25) is 5.82 Å².